The second-order valence-corrected chi connectivity index (χ2v) is 4.91. The van der Waals surface area contributed by atoms with Crippen LogP contribution >= 0.6 is 0 Å². The lowest BCUT2D eigenvalue weighted by molar-refractivity contribution is 0.00669. The maximum absolute atomic E-state index is 12.1. The molecule has 0 N–H and O–H groups in total. The highest BCUT2D eigenvalue weighted by molar-refractivity contribution is 5.91. The van der Waals surface area contributed by atoms with Crippen LogP contribution in [0.3, 0.4) is 0 Å². The molecule has 98 valence electrons. The van der Waals surface area contributed by atoms with E-state index in [1.165, 1.54) is 6.20 Å². The molecule has 2 fully saturated rings. The molecule has 1 spiro atoms. The molecule has 2 aliphatic rings. The molecule has 6 nitrogen and oxygen atoms in total. The largest absolute Gasteiger partial charge is 0.379 e. The predicted octanol–water partition coefficient (Wildman–Crippen LogP) is 0.695. The van der Waals surface area contributed by atoms with Crippen molar-refractivity contribution in [2.75, 3.05) is 26.8 Å². The van der Waals surface area contributed by atoms with Gasteiger partial charge in [-0.2, -0.15) is 0 Å². The van der Waals surface area contributed by atoms with E-state index in [2.05, 4.69) is 5.16 Å². The Morgan fingerprint density at radius 3 is 3.22 bits per heavy atom. The van der Waals surface area contributed by atoms with Gasteiger partial charge in [0.2, 0.25) is 5.76 Å². The maximum Gasteiger partial charge on any atom is 0.292 e. The third kappa shape index (κ3) is 1.91. The number of hydrogen-bond acceptors (Lipinski definition) is 5. The first-order valence-corrected chi connectivity index (χ1v) is 6.09. The molecule has 6 heteroatoms. The molecule has 2 aliphatic heterocycles. The van der Waals surface area contributed by atoms with E-state index in [1.807, 2.05) is 0 Å². The smallest absolute Gasteiger partial charge is 0.292 e. The van der Waals surface area contributed by atoms with Gasteiger partial charge in [-0.25, -0.2) is 0 Å². The summed E-state index contributed by atoms with van der Waals surface area (Å²) in [4.78, 5) is 13.9. The summed E-state index contributed by atoms with van der Waals surface area (Å²) in [5.74, 6) is 0.169. The van der Waals surface area contributed by atoms with Crippen molar-refractivity contribution in [3.8, 4) is 0 Å². The fourth-order valence-electron chi connectivity index (χ4n) is 2.74. The second-order valence-electron chi connectivity index (χ2n) is 4.91. The Morgan fingerprint density at radius 2 is 2.56 bits per heavy atom. The van der Waals surface area contributed by atoms with Crippen molar-refractivity contribution in [2.24, 2.45) is 0 Å². The van der Waals surface area contributed by atoms with Crippen molar-refractivity contribution in [3.63, 3.8) is 0 Å². The molecule has 0 unspecified atom stereocenters. The number of nitrogens with zero attached hydrogens (tertiary/aromatic N) is 2. The zero-order valence-corrected chi connectivity index (χ0v) is 10.3. The van der Waals surface area contributed by atoms with Crippen molar-refractivity contribution in [3.05, 3.63) is 18.0 Å². The Kier molecular flexibility index (Phi) is 2.83. The SMILES string of the molecule is CO[C@@H]1CO[C@@]2(CCN(C(=O)c3ccno3)C2)C1. The summed E-state index contributed by atoms with van der Waals surface area (Å²) in [6, 6.07) is 1.58. The van der Waals surface area contributed by atoms with Crippen LogP contribution < -0.4 is 0 Å². The topological polar surface area (TPSA) is 64.8 Å². The lowest BCUT2D eigenvalue weighted by Gasteiger charge is -2.22. The van der Waals surface area contributed by atoms with E-state index in [-0.39, 0.29) is 23.4 Å². The summed E-state index contributed by atoms with van der Waals surface area (Å²) in [6.45, 7) is 1.91. The quantitative estimate of drug-likeness (QED) is 0.775. The van der Waals surface area contributed by atoms with Gasteiger partial charge in [0.1, 0.15) is 0 Å². The number of methoxy groups -OCH3 is 1. The standard InChI is InChI=1S/C12H16N2O4/c1-16-9-6-12(17-7-9)3-5-14(8-12)11(15)10-2-4-13-18-10/h2,4,9H,3,5-8H2,1H3/t9-,12-/m0/s1. The lowest BCUT2D eigenvalue weighted by Crippen LogP contribution is -2.35. The highest BCUT2D eigenvalue weighted by atomic mass is 16.6. The Hall–Kier alpha value is -1.40. The van der Waals surface area contributed by atoms with Gasteiger partial charge in [0.05, 0.1) is 31.1 Å². The Bertz CT molecular complexity index is 433. The van der Waals surface area contributed by atoms with Crippen LogP contribution in [-0.4, -0.2) is 54.5 Å². The molecule has 3 heterocycles. The van der Waals surface area contributed by atoms with Crippen LogP contribution in [0.2, 0.25) is 0 Å². The van der Waals surface area contributed by atoms with E-state index in [0.717, 1.165) is 12.8 Å². The molecule has 0 bridgehead atoms. The van der Waals surface area contributed by atoms with Gasteiger partial charge in [-0.15, -0.1) is 0 Å². The number of aromatic nitrogens is 1. The summed E-state index contributed by atoms with van der Waals surface area (Å²) in [5, 5.41) is 3.56. The van der Waals surface area contributed by atoms with E-state index in [1.54, 1.807) is 18.1 Å². The molecule has 0 aliphatic carbocycles. The molecule has 2 atom stereocenters. The lowest BCUT2D eigenvalue weighted by atomic mass is 9.98. The summed E-state index contributed by atoms with van der Waals surface area (Å²) in [7, 11) is 1.69. The maximum atomic E-state index is 12.1. The third-order valence-corrected chi connectivity index (χ3v) is 3.76. The molecule has 0 saturated carbocycles. The van der Waals surface area contributed by atoms with Crippen LogP contribution in [0.1, 0.15) is 23.4 Å². The van der Waals surface area contributed by atoms with Crippen LogP contribution in [0, 0.1) is 0 Å². The van der Waals surface area contributed by atoms with E-state index >= 15 is 0 Å². The van der Waals surface area contributed by atoms with Crippen LogP contribution in [-0.2, 0) is 9.47 Å². The fraction of sp³-hybridized carbons (Fsp3) is 0.667. The zero-order chi connectivity index (χ0) is 12.6. The predicted molar refractivity (Wildman–Crippen MR) is 61.1 cm³/mol. The summed E-state index contributed by atoms with van der Waals surface area (Å²) in [5.41, 5.74) is -0.226. The number of likely N-dealkylation sites (tertiary alicyclic amines) is 1. The van der Waals surface area contributed by atoms with Gasteiger partial charge >= 0.3 is 0 Å². The first-order chi connectivity index (χ1) is 8.72. The zero-order valence-electron chi connectivity index (χ0n) is 10.3. The average Bonchev–Trinajstić information content (AvgIpc) is 3.10. The number of carbonyl (C=O) groups excluding carboxylic acids is 1. The molecule has 18 heavy (non-hydrogen) atoms. The van der Waals surface area contributed by atoms with Crippen molar-refractivity contribution in [1.29, 1.82) is 0 Å². The number of hydrogen-bond donors (Lipinski definition) is 0. The highest BCUT2D eigenvalue weighted by Gasteiger charge is 2.47. The molecule has 1 aromatic rings. The average molecular weight is 252 g/mol. The highest BCUT2D eigenvalue weighted by Crippen LogP contribution is 2.36. The van der Waals surface area contributed by atoms with E-state index in [9.17, 15) is 4.79 Å². The molecule has 2 saturated heterocycles. The van der Waals surface area contributed by atoms with E-state index in [4.69, 9.17) is 14.0 Å². The minimum Gasteiger partial charge on any atom is -0.379 e. The van der Waals surface area contributed by atoms with Gasteiger partial charge in [0.25, 0.3) is 5.91 Å². The molecule has 0 aromatic carbocycles. The van der Waals surface area contributed by atoms with Crippen LogP contribution in [0.4, 0.5) is 0 Å². The van der Waals surface area contributed by atoms with Crippen molar-refractivity contribution >= 4 is 5.91 Å². The molecule has 1 amide bonds. The molecular formula is C12H16N2O4. The van der Waals surface area contributed by atoms with E-state index in [0.29, 0.717) is 19.7 Å². The van der Waals surface area contributed by atoms with Crippen molar-refractivity contribution in [1.82, 2.24) is 10.1 Å². The Morgan fingerprint density at radius 1 is 1.67 bits per heavy atom. The van der Waals surface area contributed by atoms with Gasteiger partial charge in [0.15, 0.2) is 0 Å². The molecule has 3 rings (SSSR count). The first kappa shape index (κ1) is 11.7. The van der Waals surface area contributed by atoms with Crippen LogP contribution in [0.15, 0.2) is 16.8 Å². The van der Waals surface area contributed by atoms with Gasteiger partial charge in [-0.05, 0) is 6.42 Å². The van der Waals surface area contributed by atoms with Gasteiger partial charge in [-0.1, -0.05) is 5.16 Å². The minimum atomic E-state index is -0.226. The summed E-state index contributed by atoms with van der Waals surface area (Å²) >= 11 is 0. The molecule has 0 radical (unpaired) electrons. The van der Waals surface area contributed by atoms with Gasteiger partial charge in [-0.3, -0.25) is 4.79 Å². The van der Waals surface area contributed by atoms with Gasteiger partial charge in [0, 0.05) is 26.1 Å². The van der Waals surface area contributed by atoms with Crippen LogP contribution in [0.25, 0.3) is 0 Å². The molecular weight excluding hydrogens is 236 g/mol. The van der Waals surface area contributed by atoms with Crippen molar-refractivity contribution < 1.29 is 18.8 Å². The molecule has 1 aromatic heterocycles. The second kappa shape index (κ2) is 4.37. The number of amides is 1. The van der Waals surface area contributed by atoms with Crippen LogP contribution in [0.5, 0.6) is 0 Å². The normalized spacial score (nSPS) is 31.4. The monoisotopic (exact) mass is 252 g/mol. The summed E-state index contributed by atoms with van der Waals surface area (Å²) < 4.78 is 16.0. The third-order valence-electron chi connectivity index (χ3n) is 3.76. The Labute approximate surface area is 105 Å². The summed E-state index contributed by atoms with van der Waals surface area (Å²) in [6.07, 6.45) is 3.33. The van der Waals surface area contributed by atoms with Gasteiger partial charge < -0.3 is 18.9 Å². The van der Waals surface area contributed by atoms with Crippen molar-refractivity contribution in [2.45, 2.75) is 24.5 Å². The first-order valence-electron chi connectivity index (χ1n) is 6.09. The number of rotatable bonds is 2. The Balaban J connectivity index is 1.67. The number of ether oxygens (including phenoxy) is 2. The number of carbonyl (C=O) groups is 1. The van der Waals surface area contributed by atoms with E-state index < -0.39 is 0 Å². The fourth-order valence-corrected chi connectivity index (χ4v) is 2.74. The minimum absolute atomic E-state index is 0.117.